The van der Waals surface area contributed by atoms with Gasteiger partial charge in [0.2, 0.25) is 0 Å². The standard InChI is InChI=1S/C10H20N4O/c1-9(11-2)6-4-5-7-14-10(15)13(3)8-12-14/h8-9,11H,4-7H2,1-3H3. The predicted octanol–water partition coefficient (Wildman–Crippen LogP) is 0.360. The van der Waals surface area contributed by atoms with Crippen molar-refractivity contribution in [1.82, 2.24) is 19.7 Å². The lowest BCUT2D eigenvalue weighted by atomic mass is 10.1. The molecule has 0 aliphatic carbocycles. The topological polar surface area (TPSA) is 51.9 Å². The highest BCUT2D eigenvalue weighted by Gasteiger charge is 2.01. The third kappa shape index (κ3) is 3.51. The van der Waals surface area contributed by atoms with Crippen molar-refractivity contribution in [3.8, 4) is 0 Å². The van der Waals surface area contributed by atoms with Crippen molar-refractivity contribution >= 4 is 0 Å². The van der Waals surface area contributed by atoms with Crippen LogP contribution in [0.15, 0.2) is 11.1 Å². The maximum Gasteiger partial charge on any atom is 0.345 e. The SMILES string of the molecule is CNC(C)CCCCn1ncn(C)c1=O. The molecule has 0 amide bonds. The Balaban J connectivity index is 2.26. The van der Waals surface area contributed by atoms with E-state index in [1.165, 1.54) is 9.25 Å². The van der Waals surface area contributed by atoms with E-state index in [0.29, 0.717) is 6.04 Å². The molecule has 0 aromatic carbocycles. The first kappa shape index (κ1) is 12.0. The van der Waals surface area contributed by atoms with Gasteiger partial charge in [-0.15, -0.1) is 0 Å². The summed E-state index contributed by atoms with van der Waals surface area (Å²) < 4.78 is 3.01. The molecule has 5 heteroatoms. The van der Waals surface area contributed by atoms with Crippen molar-refractivity contribution in [2.24, 2.45) is 7.05 Å². The van der Waals surface area contributed by atoms with Gasteiger partial charge in [-0.05, 0) is 26.8 Å². The van der Waals surface area contributed by atoms with Crippen molar-refractivity contribution in [3.63, 3.8) is 0 Å². The number of hydrogen-bond donors (Lipinski definition) is 1. The molecule has 0 saturated carbocycles. The van der Waals surface area contributed by atoms with Gasteiger partial charge in [0.05, 0.1) is 0 Å². The summed E-state index contributed by atoms with van der Waals surface area (Å²) in [5.74, 6) is 0. The van der Waals surface area contributed by atoms with E-state index in [1.807, 2.05) is 7.05 Å². The van der Waals surface area contributed by atoms with Crippen LogP contribution in [0, 0.1) is 0 Å². The molecule has 1 atom stereocenters. The molecule has 0 radical (unpaired) electrons. The Bertz CT molecular complexity index is 341. The Morgan fingerprint density at radius 3 is 2.80 bits per heavy atom. The molecule has 0 aliphatic heterocycles. The molecule has 0 bridgehead atoms. The van der Waals surface area contributed by atoms with E-state index < -0.39 is 0 Å². The Hall–Kier alpha value is -1.10. The van der Waals surface area contributed by atoms with E-state index in [4.69, 9.17) is 0 Å². The largest absolute Gasteiger partial charge is 0.345 e. The maximum absolute atomic E-state index is 11.4. The third-order valence-electron chi connectivity index (χ3n) is 2.64. The quantitative estimate of drug-likeness (QED) is 0.693. The van der Waals surface area contributed by atoms with Gasteiger partial charge < -0.3 is 5.32 Å². The van der Waals surface area contributed by atoms with E-state index in [9.17, 15) is 4.79 Å². The normalized spacial score (nSPS) is 13.0. The second kappa shape index (κ2) is 5.70. The Morgan fingerprint density at radius 1 is 1.53 bits per heavy atom. The fourth-order valence-corrected chi connectivity index (χ4v) is 1.43. The zero-order valence-electron chi connectivity index (χ0n) is 9.73. The van der Waals surface area contributed by atoms with Crippen LogP contribution in [0.4, 0.5) is 0 Å². The molecule has 15 heavy (non-hydrogen) atoms. The number of aromatic nitrogens is 3. The van der Waals surface area contributed by atoms with Gasteiger partial charge in [-0.2, -0.15) is 5.10 Å². The van der Waals surface area contributed by atoms with Crippen LogP contribution in [0.1, 0.15) is 26.2 Å². The number of nitrogens with zero attached hydrogens (tertiary/aromatic N) is 3. The van der Waals surface area contributed by atoms with Crippen LogP contribution in [0.25, 0.3) is 0 Å². The maximum atomic E-state index is 11.4. The van der Waals surface area contributed by atoms with E-state index in [-0.39, 0.29) is 5.69 Å². The van der Waals surface area contributed by atoms with Gasteiger partial charge in [0.15, 0.2) is 0 Å². The molecule has 0 aliphatic rings. The second-order valence-electron chi connectivity index (χ2n) is 3.93. The molecule has 1 aromatic rings. The van der Waals surface area contributed by atoms with Crippen molar-refractivity contribution in [3.05, 3.63) is 16.8 Å². The first-order valence-corrected chi connectivity index (χ1v) is 5.41. The van der Waals surface area contributed by atoms with Gasteiger partial charge in [-0.1, -0.05) is 6.42 Å². The van der Waals surface area contributed by atoms with Crippen LogP contribution in [0.3, 0.4) is 0 Å². The number of unbranched alkanes of at least 4 members (excludes halogenated alkanes) is 1. The Kier molecular flexibility index (Phi) is 4.55. The molecule has 0 saturated heterocycles. The van der Waals surface area contributed by atoms with Gasteiger partial charge in [0.25, 0.3) is 0 Å². The van der Waals surface area contributed by atoms with E-state index >= 15 is 0 Å². The molecule has 0 fully saturated rings. The third-order valence-corrected chi connectivity index (χ3v) is 2.64. The van der Waals surface area contributed by atoms with Crippen LogP contribution >= 0.6 is 0 Å². The average molecular weight is 212 g/mol. The molecule has 5 nitrogen and oxygen atoms in total. The summed E-state index contributed by atoms with van der Waals surface area (Å²) in [6.07, 6.45) is 4.81. The van der Waals surface area contributed by atoms with Gasteiger partial charge >= 0.3 is 5.69 Å². The van der Waals surface area contributed by atoms with Crippen LogP contribution in [0.2, 0.25) is 0 Å². The fourth-order valence-electron chi connectivity index (χ4n) is 1.43. The molecular weight excluding hydrogens is 192 g/mol. The van der Waals surface area contributed by atoms with E-state index in [2.05, 4.69) is 17.3 Å². The van der Waals surface area contributed by atoms with Gasteiger partial charge in [-0.25, -0.2) is 9.48 Å². The lowest BCUT2D eigenvalue weighted by molar-refractivity contribution is 0.482. The second-order valence-corrected chi connectivity index (χ2v) is 3.93. The molecule has 1 N–H and O–H groups in total. The molecule has 1 aromatic heterocycles. The van der Waals surface area contributed by atoms with Crippen molar-refractivity contribution in [2.75, 3.05) is 7.05 Å². The molecule has 1 unspecified atom stereocenters. The smallest absolute Gasteiger partial charge is 0.317 e. The number of rotatable bonds is 6. The summed E-state index contributed by atoms with van der Waals surface area (Å²) in [6.45, 7) is 2.88. The highest BCUT2D eigenvalue weighted by molar-refractivity contribution is 4.65. The van der Waals surface area contributed by atoms with Crippen molar-refractivity contribution in [1.29, 1.82) is 0 Å². The fraction of sp³-hybridized carbons (Fsp3) is 0.800. The van der Waals surface area contributed by atoms with Crippen LogP contribution in [0.5, 0.6) is 0 Å². The predicted molar refractivity (Wildman–Crippen MR) is 59.8 cm³/mol. The van der Waals surface area contributed by atoms with Gasteiger partial charge in [0.1, 0.15) is 6.33 Å². The Morgan fingerprint density at radius 2 is 2.27 bits per heavy atom. The van der Waals surface area contributed by atoms with E-state index in [1.54, 1.807) is 13.4 Å². The monoisotopic (exact) mass is 212 g/mol. The number of nitrogens with one attached hydrogen (secondary N) is 1. The lowest BCUT2D eigenvalue weighted by Crippen LogP contribution is -2.24. The zero-order chi connectivity index (χ0) is 11.3. The molecule has 1 rings (SSSR count). The highest BCUT2D eigenvalue weighted by atomic mass is 16.2. The summed E-state index contributed by atoms with van der Waals surface area (Å²) in [5, 5.41) is 7.19. The molecule has 0 spiro atoms. The van der Waals surface area contributed by atoms with Crippen molar-refractivity contribution in [2.45, 2.75) is 38.8 Å². The van der Waals surface area contributed by atoms with E-state index in [0.717, 1.165) is 25.8 Å². The molecular formula is C10H20N4O. The van der Waals surface area contributed by atoms with Gasteiger partial charge in [0, 0.05) is 19.6 Å². The lowest BCUT2D eigenvalue weighted by Gasteiger charge is -2.08. The van der Waals surface area contributed by atoms with Crippen molar-refractivity contribution < 1.29 is 0 Å². The number of hydrogen-bond acceptors (Lipinski definition) is 3. The van der Waals surface area contributed by atoms with Crippen LogP contribution < -0.4 is 11.0 Å². The van der Waals surface area contributed by atoms with Gasteiger partial charge in [-0.3, -0.25) is 4.57 Å². The zero-order valence-corrected chi connectivity index (χ0v) is 9.73. The minimum Gasteiger partial charge on any atom is -0.317 e. The number of aryl methyl sites for hydroxylation is 2. The van der Waals surface area contributed by atoms with Crippen LogP contribution in [-0.4, -0.2) is 27.4 Å². The Labute approximate surface area is 90.1 Å². The summed E-state index contributed by atoms with van der Waals surface area (Å²) >= 11 is 0. The minimum atomic E-state index is -0.0309. The first-order chi connectivity index (χ1) is 7.15. The average Bonchev–Trinajstić information content (AvgIpc) is 2.55. The summed E-state index contributed by atoms with van der Waals surface area (Å²) in [4.78, 5) is 11.4. The van der Waals surface area contributed by atoms with Crippen LogP contribution in [-0.2, 0) is 13.6 Å². The minimum absolute atomic E-state index is 0.0309. The summed E-state index contributed by atoms with van der Waals surface area (Å²) in [6, 6.07) is 0.547. The molecule has 86 valence electrons. The molecule has 1 heterocycles. The summed E-state index contributed by atoms with van der Waals surface area (Å²) in [7, 11) is 3.68. The first-order valence-electron chi connectivity index (χ1n) is 5.41. The highest BCUT2D eigenvalue weighted by Crippen LogP contribution is 2.00. The summed E-state index contributed by atoms with van der Waals surface area (Å²) in [5.41, 5.74) is -0.0309.